The first-order valence-electron chi connectivity index (χ1n) is 4.71. The molecule has 1 rings (SSSR count). The molecular formula is C11H15NO2. The molecule has 2 N–H and O–H groups in total. The number of carbonyl (C=O) groups excluding carboxylic acids is 1. The van der Waals surface area contributed by atoms with Crippen LogP contribution in [-0.4, -0.2) is 17.6 Å². The van der Waals surface area contributed by atoms with Crippen molar-refractivity contribution >= 4 is 5.91 Å². The molecule has 76 valence electrons. The van der Waals surface area contributed by atoms with Crippen LogP contribution < -0.4 is 5.32 Å². The third-order valence-corrected chi connectivity index (χ3v) is 2.06. The number of rotatable bonds is 4. The fraction of sp³-hybridized carbons (Fsp3) is 0.364. The van der Waals surface area contributed by atoms with Gasteiger partial charge in [-0.1, -0.05) is 31.2 Å². The lowest BCUT2D eigenvalue weighted by Gasteiger charge is -2.04. The summed E-state index contributed by atoms with van der Waals surface area (Å²) in [5, 5.41) is 11.1. The molecule has 0 atom stereocenters. The number of benzene rings is 1. The summed E-state index contributed by atoms with van der Waals surface area (Å²) in [4.78, 5) is 10.7. The van der Waals surface area contributed by atoms with Gasteiger partial charge in [-0.25, -0.2) is 0 Å². The summed E-state index contributed by atoms with van der Waals surface area (Å²) in [5.41, 5.74) is 2.33. The molecule has 0 fully saturated rings. The molecule has 1 amide bonds. The van der Waals surface area contributed by atoms with E-state index in [1.807, 2.05) is 24.3 Å². The van der Waals surface area contributed by atoms with Gasteiger partial charge in [0.2, 0.25) is 5.91 Å². The van der Waals surface area contributed by atoms with Crippen molar-refractivity contribution in [1.82, 2.24) is 5.32 Å². The number of hydrogen-bond donors (Lipinski definition) is 2. The van der Waals surface area contributed by atoms with Gasteiger partial charge in [0, 0.05) is 6.54 Å². The number of aliphatic hydroxyl groups is 1. The Bertz CT molecular complexity index is 293. The van der Waals surface area contributed by atoms with Crippen LogP contribution in [0.5, 0.6) is 0 Å². The number of hydrogen-bond acceptors (Lipinski definition) is 2. The van der Waals surface area contributed by atoms with E-state index in [4.69, 9.17) is 5.11 Å². The Kier molecular flexibility index (Phi) is 4.13. The lowest BCUT2D eigenvalue weighted by atomic mass is 10.1. The maximum atomic E-state index is 10.7. The van der Waals surface area contributed by atoms with E-state index in [0.717, 1.165) is 12.0 Å². The van der Waals surface area contributed by atoms with Crippen LogP contribution in [0.25, 0.3) is 0 Å². The molecule has 0 bridgehead atoms. The Hall–Kier alpha value is -1.35. The lowest BCUT2D eigenvalue weighted by molar-refractivity contribution is -0.123. The normalized spacial score (nSPS) is 9.86. The van der Waals surface area contributed by atoms with E-state index in [1.54, 1.807) is 0 Å². The first-order chi connectivity index (χ1) is 6.76. The van der Waals surface area contributed by atoms with Crippen molar-refractivity contribution in [3.8, 4) is 0 Å². The molecule has 14 heavy (non-hydrogen) atoms. The fourth-order valence-electron chi connectivity index (χ4n) is 1.15. The largest absolute Gasteiger partial charge is 0.387 e. The van der Waals surface area contributed by atoms with Gasteiger partial charge in [-0.05, 0) is 17.5 Å². The SMILES string of the molecule is CCc1ccc(CNC(=O)CO)cc1. The van der Waals surface area contributed by atoms with Crippen molar-refractivity contribution in [3.63, 3.8) is 0 Å². The van der Waals surface area contributed by atoms with Crippen LogP contribution in [0.15, 0.2) is 24.3 Å². The van der Waals surface area contributed by atoms with E-state index in [-0.39, 0.29) is 5.91 Å². The average Bonchev–Trinajstić information content (AvgIpc) is 2.26. The molecule has 3 heteroatoms. The molecule has 0 aliphatic carbocycles. The molecule has 0 saturated carbocycles. The van der Waals surface area contributed by atoms with E-state index >= 15 is 0 Å². The highest BCUT2D eigenvalue weighted by Gasteiger charge is 1.97. The maximum Gasteiger partial charge on any atom is 0.245 e. The first-order valence-corrected chi connectivity index (χ1v) is 4.71. The molecule has 3 nitrogen and oxygen atoms in total. The van der Waals surface area contributed by atoms with E-state index in [1.165, 1.54) is 5.56 Å². The summed E-state index contributed by atoms with van der Waals surface area (Å²) in [6, 6.07) is 8.05. The zero-order valence-corrected chi connectivity index (χ0v) is 8.29. The molecule has 0 aromatic heterocycles. The maximum absolute atomic E-state index is 10.7. The quantitative estimate of drug-likeness (QED) is 0.745. The second-order valence-electron chi connectivity index (χ2n) is 3.10. The van der Waals surface area contributed by atoms with Crippen molar-refractivity contribution in [2.75, 3.05) is 6.61 Å². The molecular weight excluding hydrogens is 178 g/mol. The fourth-order valence-corrected chi connectivity index (χ4v) is 1.15. The zero-order chi connectivity index (χ0) is 10.4. The topological polar surface area (TPSA) is 49.3 Å². The predicted molar refractivity (Wildman–Crippen MR) is 54.8 cm³/mol. The molecule has 1 aromatic carbocycles. The molecule has 0 heterocycles. The molecule has 1 aromatic rings. The highest BCUT2D eigenvalue weighted by atomic mass is 16.3. The van der Waals surface area contributed by atoms with Crippen LogP contribution >= 0.6 is 0 Å². The Morgan fingerprint density at radius 1 is 1.29 bits per heavy atom. The van der Waals surface area contributed by atoms with Crippen LogP contribution in [0, 0.1) is 0 Å². The van der Waals surface area contributed by atoms with Crippen LogP contribution in [0.4, 0.5) is 0 Å². The molecule has 0 aliphatic rings. The molecule has 0 unspecified atom stereocenters. The van der Waals surface area contributed by atoms with Crippen LogP contribution in [0.1, 0.15) is 18.1 Å². The second-order valence-corrected chi connectivity index (χ2v) is 3.10. The molecule has 0 radical (unpaired) electrons. The number of nitrogens with one attached hydrogen (secondary N) is 1. The summed E-state index contributed by atoms with van der Waals surface area (Å²) in [5.74, 6) is -0.343. The summed E-state index contributed by atoms with van der Waals surface area (Å²) in [6.07, 6.45) is 1.02. The van der Waals surface area contributed by atoms with Gasteiger partial charge in [0.1, 0.15) is 6.61 Å². The minimum Gasteiger partial charge on any atom is -0.387 e. The standard InChI is InChI=1S/C11H15NO2/c1-2-9-3-5-10(6-4-9)7-12-11(14)8-13/h3-6,13H,2,7-8H2,1H3,(H,12,14). The van der Waals surface area contributed by atoms with Crippen molar-refractivity contribution < 1.29 is 9.90 Å². The Labute approximate surface area is 83.8 Å². The van der Waals surface area contributed by atoms with Crippen molar-refractivity contribution in [3.05, 3.63) is 35.4 Å². The minimum absolute atomic E-state index is 0.343. The number of aliphatic hydroxyl groups excluding tert-OH is 1. The summed E-state index contributed by atoms with van der Waals surface area (Å²) < 4.78 is 0. The van der Waals surface area contributed by atoms with Crippen LogP contribution in [-0.2, 0) is 17.8 Å². The Balaban J connectivity index is 2.47. The third-order valence-electron chi connectivity index (χ3n) is 2.06. The Morgan fingerprint density at radius 2 is 1.86 bits per heavy atom. The van der Waals surface area contributed by atoms with Gasteiger partial charge < -0.3 is 10.4 Å². The highest BCUT2D eigenvalue weighted by molar-refractivity contribution is 5.76. The highest BCUT2D eigenvalue weighted by Crippen LogP contribution is 2.04. The van der Waals surface area contributed by atoms with Gasteiger partial charge in [0.25, 0.3) is 0 Å². The van der Waals surface area contributed by atoms with E-state index < -0.39 is 6.61 Å². The molecule has 0 saturated heterocycles. The number of aryl methyl sites for hydroxylation is 1. The summed E-state index contributed by atoms with van der Waals surface area (Å²) >= 11 is 0. The van der Waals surface area contributed by atoms with Crippen LogP contribution in [0.2, 0.25) is 0 Å². The van der Waals surface area contributed by atoms with Gasteiger partial charge in [0.15, 0.2) is 0 Å². The van der Waals surface area contributed by atoms with E-state index in [0.29, 0.717) is 6.54 Å². The molecule has 0 spiro atoms. The number of carbonyl (C=O) groups is 1. The van der Waals surface area contributed by atoms with E-state index in [2.05, 4.69) is 12.2 Å². The zero-order valence-electron chi connectivity index (χ0n) is 8.29. The van der Waals surface area contributed by atoms with Gasteiger partial charge in [-0.2, -0.15) is 0 Å². The van der Waals surface area contributed by atoms with Gasteiger partial charge in [-0.15, -0.1) is 0 Å². The second kappa shape index (κ2) is 5.40. The van der Waals surface area contributed by atoms with Gasteiger partial charge in [0.05, 0.1) is 0 Å². The molecule has 0 aliphatic heterocycles. The monoisotopic (exact) mass is 193 g/mol. The third kappa shape index (κ3) is 3.18. The lowest BCUT2D eigenvalue weighted by Crippen LogP contribution is -2.25. The first kappa shape index (κ1) is 10.7. The van der Waals surface area contributed by atoms with Crippen molar-refractivity contribution in [1.29, 1.82) is 0 Å². The summed E-state index contributed by atoms with van der Waals surface area (Å²) in [7, 11) is 0. The van der Waals surface area contributed by atoms with Gasteiger partial charge in [-0.3, -0.25) is 4.79 Å². The predicted octanol–water partition coefficient (Wildman–Crippen LogP) is 0.857. The van der Waals surface area contributed by atoms with Crippen molar-refractivity contribution in [2.24, 2.45) is 0 Å². The number of amides is 1. The Morgan fingerprint density at radius 3 is 2.36 bits per heavy atom. The minimum atomic E-state index is -0.451. The van der Waals surface area contributed by atoms with Crippen molar-refractivity contribution in [2.45, 2.75) is 19.9 Å². The smallest absolute Gasteiger partial charge is 0.245 e. The summed E-state index contributed by atoms with van der Waals surface area (Å²) in [6.45, 7) is 2.12. The van der Waals surface area contributed by atoms with Crippen LogP contribution in [0.3, 0.4) is 0 Å². The van der Waals surface area contributed by atoms with E-state index in [9.17, 15) is 4.79 Å². The van der Waals surface area contributed by atoms with Gasteiger partial charge >= 0.3 is 0 Å². The average molecular weight is 193 g/mol.